The van der Waals surface area contributed by atoms with Gasteiger partial charge in [-0.1, -0.05) is 0 Å². The van der Waals surface area contributed by atoms with Crippen molar-refractivity contribution in [1.29, 1.82) is 0 Å². The Labute approximate surface area is 78.3 Å². The fourth-order valence-corrected chi connectivity index (χ4v) is 1.45. The Morgan fingerprint density at radius 3 is 3.15 bits per heavy atom. The average molecular weight is 178 g/mol. The molecule has 0 saturated carbocycles. The van der Waals surface area contributed by atoms with Crippen LogP contribution in [0.2, 0.25) is 0 Å². The minimum absolute atomic E-state index is 0.427. The molecule has 0 spiro atoms. The third kappa shape index (κ3) is 1.34. The van der Waals surface area contributed by atoms with Gasteiger partial charge in [0.2, 0.25) is 5.88 Å². The highest BCUT2D eigenvalue weighted by molar-refractivity contribution is 5.57. The molecule has 1 aromatic rings. The number of nitrogens with zero attached hydrogens (tertiary/aromatic N) is 2. The van der Waals surface area contributed by atoms with E-state index in [4.69, 9.17) is 4.74 Å². The zero-order chi connectivity index (χ0) is 9.42. The van der Waals surface area contributed by atoms with E-state index in [1.807, 2.05) is 13.1 Å². The molecule has 1 aliphatic rings. The van der Waals surface area contributed by atoms with Gasteiger partial charge in [-0.05, 0) is 25.5 Å². The van der Waals surface area contributed by atoms with Crippen molar-refractivity contribution < 1.29 is 4.74 Å². The number of likely N-dealkylation sites (N-methyl/N-ethyl adjacent to an activating group) is 1. The molecule has 3 nitrogen and oxygen atoms in total. The van der Waals surface area contributed by atoms with Crippen LogP contribution in [0.15, 0.2) is 12.3 Å². The molecule has 0 aliphatic carbocycles. The summed E-state index contributed by atoms with van der Waals surface area (Å²) in [5.74, 6) is 0.756. The van der Waals surface area contributed by atoms with Crippen LogP contribution < -0.4 is 9.64 Å². The third-order valence-corrected chi connectivity index (χ3v) is 2.47. The number of aryl methyl sites for hydroxylation is 1. The lowest BCUT2D eigenvalue weighted by Gasteiger charge is -2.32. The summed E-state index contributed by atoms with van der Waals surface area (Å²) >= 11 is 0. The quantitative estimate of drug-likeness (QED) is 0.603. The van der Waals surface area contributed by atoms with Crippen LogP contribution in [0.1, 0.15) is 12.5 Å². The van der Waals surface area contributed by atoms with Crippen LogP contribution >= 0.6 is 0 Å². The van der Waals surface area contributed by atoms with Gasteiger partial charge >= 0.3 is 0 Å². The number of fused-ring (bicyclic) bond motifs is 1. The van der Waals surface area contributed by atoms with Gasteiger partial charge in [0, 0.05) is 13.2 Å². The highest BCUT2D eigenvalue weighted by atomic mass is 16.5. The van der Waals surface area contributed by atoms with Gasteiger partial charge in [0.15, 0.2) is 0 Å². The van der Waals surface area contributed by atoms with Crippen molar-refractivity contribution in [2.75, 3.05) is 18.6 Å². The molecule has 0 saturated heterocycles. The summed E-state index contributed by atoms with van der Waals surface area (Å²) in [5.41, 5.74) is 2.27. The predicted octanol–water partition coefficient (Wildman–Crippen LogP) is 1.61. The van der Waals surface area contributed by atoms with Gasteiger partial charge in [-0.25, -0.2) is 4.98 Å². The Bertz CT molecular complexity index is 325. The topological polar surface area (TPSA) is 25.4 Å². The first kappa shape index (κ1) is 8.35. The molecular formula is C10H14N2O. The molecule has 2 heterocycles. The lowest BCUT2D eigenvalue weighted by atomic mass is 10.2. The van der Waals surface area contributed by atoms with Crippen LogP contribution in [0, 0.1) is 6.92 Å². The summed E-state index contributed by atoms with van der Waals surface area (Å²) in [6.07, 6.45) is 1.84. The maximum absolute atomic E-state index is 5.51. The van der Waals surface area contributed by atoms with Crippen molar-refractivity contribution in [2.45, 2.75) is 19.9 Å². The molecule has 1 atom stereocenters. The van der Waals surface area contributed by atoms with Crippen LogP contribution in [0.4, 0.5) is 5.69 Å². The zero-order valence-electron chi connectivity index (χ0n) is 8.24. The first-order chi connectivity index (χ1) is 6.18. The number of hydrogen-bond acceptors (Lipinski definition) is 3. The smallest absolute Gasteiger partial charge is 0.237 e. The minimum Gasteiger partial charge on any atom is -0.474 e. The van der Waals surface area contributed by atoms with Gasteiger partial charge in [-0.2, -0.15) is 0 Å². The van der Waals surface area contributed by atoms with Gasteiger partial charge in [0.05, 0.1) is 6.04 Å². The second-order valence-corrected chi connectivity index (χ2v) is 3.61. The molecule has 0 radical (unpaired) electrons. The summed E-state index contributed by atoms with van der Waals surface area (Å²) in [6, 6.07) is 2.54. The van der Waals surface area contributed by atoms with Gasteiger partial charge < -0.3 is 9.64 Å². The molecule has 3 heteroatoms. The summed E-state index contributed by atoms with van der Waals surface area (Å²) in [6.45, 7) is 4.91. The van der Waals surface area contributed by atoms with Crippen molar-refractivity contribution in [3.8, 4) is 5.88 Å². The highest BCUT2D eigenvalue weighted by Crippen LogP contribution is 2.30. The molecule has 0 N–H and O–H groups in total. The number of aromatic nitrogens is 1. The van der Waals surface area contributed by atoms with Crippen molar-refractivity contribution in [3.05, 3.63) is 17.8 Å². The largest absolute Gasteiger partial charge is 0.474 e. The number of rotatable bonds is 0. The predicted molar refractivity (Wildman–Crippen MR) is 52.3 cm³/mol. The molecule has 0 unspecified atom stereocenters. The van der Waals surface area contributed by atoms with Gasteiger partial charge in [-0.15, -0.1) is 0 Å². The standard InChI is InChI=1S/C10H14N2O/c1-7-4-9-10(11-5-7)13-6-8(2)12(9)3/h4-5,8H,6H2,1-3H3/t8-/m1/s1. The molecule has 1 aliphatic heterocycles. The normalized spacial score (nSPS) is 20.8. The lowest BCUT2D eigenvalue weighted by molar-refractivity contribution is 0.264. The van der Waals surface area contributed by atoms with E-state index in [0.29, 0.717) is 6.04 Å². The maximum Gasteiger partial charge on any atom is 0.237 e. The van der Waals surface area contributed by atoms with Crippen molar-refractivity contribution in [2.24, 2.45) is 0 Å². The molecule has 13 heavy (non-hydrogen) atoms. The maximum atomic E-state index is 5.51. The van der Waals surface area contributed by atoms with E-state index in [1.54, 1.807) is 0 Å². The monoisotopic (exact) mass is 178 g/mol. The van der Waals surface area contributed by atoms with E-state index in [9.17, 15) is 0 Å². The third-order valence-electron chi connectivity index (χ3n) is 2.47. The van der Waals surface area contributed by atoms with E-state index in [0.717, 1.165) is 18.2 Å². The summed E-state index contributed by atoms with van der Waals surface area (Å²) < 4.78 is 5.51. The SMILES string of the molecule is Cc1cnc2c(c1)N(C)[C@H](C)CO2. The number of hydrogen-bond donors (Lipinski definition) is 0. The van der Waals surface area contributed by atoms with Gasteiger partial charge in [-0.3, -0.25) is 0 Å². The fourth-order valence-electron chi connectivity index (χ4n) is 1.45. The summed E-state index contributed by atoms with van der Waals surface area (Å²) in [5, 5.41) is 0. The number of anilines is 1. The lowest BCUT2D eigenvalue weighted by Crippen LogP contribution is -2.38. The molecule has 0 fully saturated rings. The summed E-state index contributed by atoms with van der Waals surface area (Å²) in [7, 11) is 2.08. The minimum atomic E-state index is 0.427. The Hall–Kier alpha value is -1.25. The number of pyridine rings is 1. The number of ether oxygens (including phenoxy) is 1. The molecule has 70 valence electrons. The van der Waals surface area contributed by atoms with Crippen molar-refractivity contribution in [1.82, 2.24) is 4.98 Å². The van der Waals surface area contributed by atoms with E-state index in [-0.39, 0.29) is 0 Å². The van der Waals surface area contributed by atoms with Gasteiger partial charge in [0.1, 0.15) is 12.3 Å². The van der Waals surface area contributed by atoms with Crippen molar-refractivity contribution >= 4 is 5.69 Å². The second kappa shape index (κ2) is 2.91. The first-order valence-electron chi connectivity index (χ1n) is 4.51. The second-order valence-electron chi connectivity index (χ2n) is 3.61. The van der Waals surface area contributed by atoms with Crippen LogP contribution in [0.3, 0.4) is 0 Å². The first-order valence-corrected chi connectivity index (χ1v) is 4.51. The molecule has 1 aromatic heterocycles. The van der Waals surface area contributed by atoms with Crippen LogP contribution in [0.25, 0.3) is 0 Å². The van der Waals surface area contributed by atoms with Crippen molar-refractivity contribution in [3.63, 3.8) is 0 Å². The molecule has 0 amide bonds. The van der Waals surface area contributed by atoms with E-state index < -0.39 is 0 Å². The Balaban J connectivity index is 2.45. The summed E-state index contributed by atoms with van der Waals surface area (Å²) in [4.78, 5) is 6.45. The Kier molecular flexibility index (Phi) is 1.87. The van der Waals surface area contributed by atoms with Crippen LogP contribution in [-0.2, 0) is 0 Å². The van der Waals surface area contributed by atoms with E-state index in [2.05, 4.69) is 29.9 Å². The van der Waals surface area contributed by atoms with Gasteiger partial charge in [0.25, 0.3) is 0 Å². The van der Waals surface area contributed by atoms with Crippen LogP contribution in [0.5, 0.6) is 5.88 Å². The highest BCUT2D eigenvalue weighted by Gasteiger charge is 2.21. The fraction of sp³-hybridized carbons (Fsp3) is 0.500. The van der Waals surface area contributed by atoms with Crippen LogP contribution in [-0.4, -0.2) is 24.7 Å². The molecule has 0 aromatic carbocycles. The molecular weight excluding hydrogens is 164 g/mol. The zero-order valence-corrected chi connectivity index (χ0v) is 8.24. The van der Waals surface area contributed by atoms with E-state index in [1.165, 1.54) is 5.56 Å². The molecule has 0 bridgehead atoms. The van der Waals surface area contributed by atoms with E-state index >= 15 is 0 Å². The Morgan fingerprint density at radius 2 is 2.38 bits per heavy atom. The Morgan fingerprint density at radius 1 is 1.62 bits per heavy atom. The molecule has 2 rings (SSSR count). The average Bonchev–Trinajstić information content (AvgIpc) is 2.12.